The smallest absolute Gasteiger partial charge is 0.191 e. The summed E-state index contributed by atoms with van der Waals surface area (Å²) in [7, 11) is 0. The summed E-state index contributed by atoms with van der Waals surface area (Å²) in [6.45, 7) is 12.4. The molecule has 6 heteroatoms. The average Bonchev–Trinajstić information content (AvgIpc) is 2.65. The number of aliphatic imine (C=N–C) groups is 1. The van der Waals surface area contributed by atoms with Crippen molar-refractivity contribution < 1.29 is 9.84 Å². The van der Waals surface area contributed by atoms with Gasteiger partial charge in [-0.15, -0.1) is 0 Å². The Hall–Kier alpha value is -0.850. The van der Waals surface area contributed by atoms with E-state index in [-0.39, 0.29) is 0 Å². The molecule has 6 nitrogen and oxygen atoms in total. The maximum Gasteiger partial charge on any atom is 0.191 e. The zero-order valence-electron chi connectivity index (χ0n) is 17.1. The van der Waals surface area contributed by atoms with Gasteiger partial charge in [-0.05, 0) is 38.5 Å². The maximum absolute atomic E-state index is 10.7. The van der Waals surface area contributed by atoms with Gasteiger partial charge in [0.25, 0.3) is 0 Å². The van der Waals surface area contributed by atoms with Gasteiger partial charge in [0.15, 0.2) is 5.96 Å². The lowest BCUT2D eigenvalue weighted by Crippen LogP contribution is -2.48. The second kappa shape index (κ2) is 11.1. The van der Waals surface area contributed by atoms with Crippen molar-refractivity contribution in [1.29, 1.82) is 0 Å². The Labute approximate surface area is 159 Å². The van der Waals surface area contributed by atoms with Crippen LogP contribution in [0.25, 0.3) is 0 Å². The van der Waals surface area contributed by atoms with Crippen LogP contribution in [0.5, 0.6) is 0 Å². The molecular formula is C20H40N4O2. The molecule has 1 aliphatic carbocycles. The van der Waals surface area contributed by atoms with E-state index in [1.165, 1.54) is 32.1 Å². The fourth-order valence-electron chi connectivity index (χ4n) is 3.97. The maximum atomic E-state index is 10.7. The van der Waals surface area contributed by atoms with E-state index >= 15 is 0 Å². The van der Waals surface area contributed by atoms with E-state index in [0.29, 0.717) is 13.1 Å². The lowest BCUT2D eigenvalue weighted by atomic mass is 9.81. The molecule has 0 amide bonds. The summed E-state index contributed by atoms with van der Waals surface area (Å²) in [5.74, 6) is 2.51. The summed E-state index contributed by atoms with van der Waals surface area (Å²) in [6, 6.07) is 0. The standard InChI is InChI=1S/C20H40N4O2/c1-4-17-6-8-18(9-7-17)14-22-19(21-5-2)23-15-20(3,25)16-24-10-12-26-13-11-24/h17-18,25H,4-16H2,1-3H3,(H2,21,22,23). The number of rotatable bonds is 8. The Balaban J connectivity index is 1.77. The molecule has 1 unspecified atom stereocenters. The van der Waals surface area contributed by atoms with Gasteiger partial charge >= 0.3 is 0 Å². The minimum atomic E-state index is -0.821. The molecular weight excluding hydrogens is 328 g/mol. The first kappa shape index (κ1) is 21.5. The highest BCUT2D eigenvalue weighted by atomic mass is 16.5. The number of guanidine groups is 1. The number of hydrogen-bond donors (Lipinski definition) is 3. The van der Waals surface area contributed by atoms with Crippen LogP contribution in [-0.2, 0) is 4.74 Å². The lowest BCUT2D eigenvalue weighted by Gasteiger charge is -2.33. The number of nitrogens with zero attached hydrogens (tertiary/aromatic N) is 2. The summed E-state index contributed by atoms with van der Waals surface area (Å²) >= 11 is 0. The van der Waals surface area contributed by atoms with Gasteiger partial charge in [-0.3, -0.25) is 9.89 Å². The Morgan fingerprint density at radius 2 is 1.77 bits per heavy atom. The lowest BCUT2D eigenvalue weighted by molar-refractivity contribution is -0.0180. The Morgan fingerprint density at radius 1 is 1.12 bits per heavy atom. The topological polar surface area (TPSA) is 69.1 Å². The van der Waals surface area contributed by atoms with Crippen LogP contribution >= 0.6 is 0 Å². The van der Waals surface area contributed by atoms with E-state index in [4.69, 9.17) is 4.74 Å². The van der Waals surface area contributed by atoms with Crippen molar-refractivity contribution in [3.05, 3.63) is 0 Å². The molecule has 0 aromatic heterocycles. The van der Waals surface area contributed by atoms with Gasteiger partial charge in [0.1, 0.15) is 0 Å². The zero-order chi connectivity index (χ0) is 18.8. The van der Waals surface area contributed by atoms with Gasteiger partial charge < -0.3 is 20.5 Å². The highest BCUT2D eigenvalue weighted by molar-refractivity contribution is 5.79. The minimum Gasteiger partial charge on any atom is -0.387 e. The van der Waals surface area contributed by atoms with Gasteiger partial charge in [-0.2, -0.15) is 0 Å². The van der Waals surface area contributed by atoms with Crippen LogP contribution in [0.15, 0.2) is 4.99 Å². The van der Waals surface area contributed by atoms with E-state index in [0.717, 1.165) is 57.2 Å². The van der Waals surface area contributed by atoms with E-state index in [1.807, 2.05) is 6.92 Å². The van der Waals surface area contributed by atoms with Crippen molar-refractivity contribution in [2.45, 2.75) is 58.5 Å². The van der Waals surface area contributed by atoms with Crippen molar-refractivity contribution in [2.75, 3.05) is 52.5 Å². The van der Waals surface area contributed by atoms with Crippen LogP contribution in [-0.4, -0.2) is 74.0 Å². The van der Waals surface area contributed by atoms with Crippen molar-refractivity contribution >= 4 is 5.96 Å². The van der Waals surface area contributed by atoms with Gasteiger partial charge in [0.05, 0.1) is 25.4 Å². The first-order valence-corrected chi connectivity index (χ1v) is 10.6. The quantitative estimate of drug-likeness (QED) is 0.451. The molecule has 0 bridgehead atoms. The minimum absolute atomic E-state index is 0.405. The van der Waals surface area contributed by atoms with E-state index in [9.17, 15) is 5.11 Å². The number of hydrogen-bond acceptors (Lipinski definition) is 4. The molecule has 0 aromatic carbocycles. The van der Waals surface area contributed by atoms with Gasteiger partial charge in [-0.1, -0.05) is 26.2 Å². The normalized spacial score (nSPS) is 27.8. The summed E-state index contributed by atoms with van der Waals surface area (Å²) in [5.41, 5.74) is -0.821. The van der Waals surface area contributed by atoms with Gasteiger partial charge in [0, 0.05) is 32.7 Å². The van der Waals surface area contributed by atoms with Gasteiger partial charge in [-0.25, -0.2) is 0 Å². The zero-order valence-corrected chi connectivity index (χ0v) is 17.1. The monoisotopic (exact) mass is 368 g/mol. The molecule has 1 aliphatic heterocycles. The predicted octanol–water partition coefficient (Wildman–Crippen LogP) is 1.84. The SMILES string of the molecule is CCNC(=NCC(C)(O)CN1CCOCC1)NCC1CCC(CC)CC1. The molecule has 152 valence electrons. The molecule has 0 radical (unpaired) electrons. The Morgan fingerprint density at radius 3 is 2.38 bits per heavy atom. The molecule has 2 aliphatic rings. The number of nitrogens with one attached hydrogen (secondary N) is 2. The first-order valence-electron chi connectivity index (χ1n) is 10.6. The van der Waals surface area contributed by atoms with Crippen molar-refractivity contribution in [3.8, 4) is 0 Å². The first-order chi connectivity index (χ1) is 12.5. The van der Waals surface area contributed by atoms with E-state index in [2.05, 4.69) is 34.4 Å². The molecule has 0 spiro atoms. The molecule has 1 saturated carbocycles. The van der Waals surface area contributed by atoms with Crippen LogP contribution in [0.4, 0.5) is 0 Å². The summed E-state index contributed by atoms with van der Waals surface area (Å²) in [5, 5.41) is 17.5. The number of β-amino-alcohol motifs (C(OH)–C–C–N with tert-alkyl or cyclic N) is 1. The second-order valence-electron chi connectivity index (χ2n) is 8.26. The molecule has 1 atom stereocenters. The van der Waals surface area contributed by atoms with Crippen LogP contribution in [0, 0.1) is 11.8 Å². The molecule has 0 aromatic rings. The summed E-state index contributed by atoms with van der Waals surface area (Å²) in [6.07, 6.45) is 6.69. The highest BCUT2D eigenvalue weighted by Crippen LogP contribution is 2.30. The van der Waals surface area contributed by atoms with Crippen molar-refractivity contribution in [2.24, 2.45) is 16.8 Å². The predicted molar refractivity (Wildman–Crippen MR) is 108 cm³/mol. The Kier molecular flexibility index (Phi) is 9.16. The fourth-order valence-corrected chi connectivity index (χ4v) is 3.97. The largest absolute Gasteiger partial charge is 0.387 e. The molecule has 3 N–H and O–H groups in total. The third kappa shape index (κ3) is 7.80. The molecule has 26 heavy (non-hydrogen) atoms. The fraction of sp³-hybridized carbons (Fsp3) is 0.950. The van der Waals surface area contributed by atoms with Crippen LogP contribution < -0.4 is 10.6 Å². The van der Waals surface area contributed by atoms with Crippen LogP contribution in [0.3, 0.4) is 0 Å². The van der Waals surface area contributed by atoms with E-state index < -0.39 is 5.60 Å². The number of aliphatic hydroxyl groups is 1. The Bertz CT molecular complexity index is 414. The number of morpholine rings is 1. The number of ether oxygens (including phenoxy) is 1. The average molecular weight is 369 g/mol. The summed E-state index contributed by atoms with van der Waals surface area (Å²) in [4.78, 5) is 6.91. The summed E-state index contributed by atoms with van der Waals surface area (Å²) < 4.78 is 5.38. The van der Waals surface area contributed by atoms with Crippen LogP contribution in [0.2, 0.25) is 0 Å². The molecule has 1 heterocycles. The third-order valence-corrected chi connectivity index (χ3v) is 5.69. The second-order valence-corrected chi connectivity index (χ2v) is 8.26. The molecule has 2 fully saturated rings. The highest BCUT2D eigenvalue weighted by Gasteiger charge is 2.25. The van der Waals surface area contributed by atoms with Crippen LogP contribution in [0.1, 0.15) is 52.9 Å². The van der Waals surface area contributed by atoms with Gasteiger partial charge in [0.2, 0.25) is 0 Å². The van der Waals surface area contributed by atoms with Crippen molar-refractivity contribution in [1.82, 2.24) is 15.5 Å². The van der Waals surface area contributed by atoms with E-state index in [1.54, 1.807) is 0 Å². The van der Waals surface area contributed by atoms with Crippen molar-refractivity contribution in [3.63, 3.8) is 0 Å². The molecule has 2 rings (SSSR count). The molecule has 1 saturated heterocycles. The third-order valence-electron chi connectivity index (χ3n) is 5.69.